The first-order valence-corrected chi connectivity index (χ1v) is 7.46. The van der Waals surface area contributed by atoms with Gasteiger partial charge in [0.25, 0.3) is 0 Å². The molecule has 0 aromatic carbocycles. The number of fused-ring (bicyclic) bond motifs is 1. The number of halogens is 1. The lowest BCUT2D eigenvalue weighted by molar-refractivity contribution is 0.599. The zero-order valence-electron chi connectivity index (χ0n) is 9.59. The molecule has 100 valence electrons. The molecule has 0 radical (unpaired) electrons. The van der Waals surface area contributed by atoms with Crippen molar-refractivity contribution in [2.24, 2.45) is 0 Å². The van der Waals surface area contributed by atoms with Crippen molar-refractivity contribution in [3.8, 4) is 0 Å². The molecule has 0 unspecified atom stereocenters. The minimum absolute atomic E-state index is 0.0240. The molecule has 3 rings (SSSR count). The molecule has 0 atom stereocenters. The van der Waals surface area contributed by atoms with E-state index in [9.17, 15) is 8.42 Å². The minimum Gasteiger partial charge on any atom is -0.362 e. The van der Waals surface area contributed by atoms with Gasteiger partial charge < -0.3 is 5.32 Å². The summed E-state index contributed by atoms with van der Waals surface area (Å²) in [4.78, 5) is 12.0. The number of anilines is 1. The van der Waals surface area contributed by atoms with Crippen molar-refractivity contribution in [3.63, 3.8) is 0 Å². The molecule has 0 bridgehead atoms. The maximum Gasteiger partial charge on any atom is 0.224 e. The highest BCUT2D eigenvalue weighted by Crippen LogP contribution is 2.31. The maximum atomic E-state index is 11.9. The Morgan fingerprint density at radius 1 is 1.42 bits per heavy atom. The second kappa shape index (κ2) is 4.42. The number of aromatic nitrogens is 5. The van der Waals surface area contributed by atoms with E-state index in [4.69, 9.17) is 11.6 Å². The first-order valence-electron chi connectivity index (χ1n) is 5.43. The lowest BCUT2D eigenvalue weighted by atomic mass is 10.3. The summed E-state index contributed by atoms with van der Waals surface area (Å²) in [6, 6.07) is 0. The summed E-state index contributed by atoms with van der Waals surface area (Å²) in [5.41, 5.74) is 0.458. The van der Waals surface area contributed by atoms with Gasteiger partial charge in [0.05, 0.1) is 18.0 Å². The second-order valence-electron chi connectivity index (χ2n) is 3.97. The first kappa shape index (κ1) is 12.3. The third-order valence-corrected chi connectivity index (χ3v) is 4.68. The van der Waals surface area contributed by atoms with Gasteiger partial charge in [0, 0.05) is 6.42 Å². The van der Waals surface area contributed by atoms with E-state index in [0.29, 0.717) is 17.9 Å². The highest BCUT2D eigenvalue weighted by molar-refractivity contribution is 7.91. The highest BCUT2D eigenvalue weighted by atomic mass is 35.5. The van der Waals surface area contributed by atoms with Gasteiger partial charge in [0.2, 0.25) is 5.28 Å². The average Bonchev–Trinajstić information content (AvgIpc) is 2.95. The van der Waals surface area contributed by atoms with Crippen molar-refractivity contribution in [1.29, 1.82) is 0 Å². The summed E-state index contributed by atoms with van der Waals surface area (Å²) in [6.07, 6.45) is 1.72. The van der Waals surface area contributed by atoms with Gasteiger partial charge in [-0.2, -0.15) is 10.1 Å². The van der Waals surface area contributed by atoms with Gasteiger partial charge in [-0.05, 0) is 11.6 Å². The molecule has 0 spiro atoms. The number of hydrogen-bond acceptors (Lipinski definition) is 7. The second-order valence-corrected chi connectivity index (χ2v) is 6.36. The Kier molecular flexibility index (Phi) is 2.86. The number of rotatable bonds is 3. The SMILES string of the molecule is O=S1(=O)CCc2nc(Cl)nc(NCc3ncn[nH]3)c21. The van der Waals surface area contributed by atoms with Crippen molar-refractivity contribution in [2.45, 2.75) is 17.9 Å². The minimum atomic E-state index is -3.34. The van der Waals surface area contributed by atoms with Crippen LogP contribution in [-0.4, -0.2) is 39.3 Å². The van der Waals surface area contributed by atoms with Crippen LogP contribution in [0.2, 0.25) is 5.28 Å². The van der Waals surface area contributed by atoms with Crippen LogP contribution in [0, 0.1) is 0 Å². The molecule has 1 aliphatic heterocycles. The Balaban J connectivity index is 1.97. The lowest BCUT2D eigenvalue weighted by Gasteiger charge is -2.08. The van der Waals surface area contributed by atoms with E-state index in [2.05, 4.69) is 30.5 Å². The molecule has 8 nitrogen and oxygen atoms in total. The van der Waals surface area contributed by atoms with Crippen LogP contribution in [0.15, 0.2) is 11.2 Å². The number of sulfone groups is 1. The molecule has 0 aliphatic carbocycles. The van der Waals surface area contributed by atoms with Gasteiger partial charge in [0.15, 0.2) is 15.7 Å². The Labute approximate surface area is 113 Å². The van der Waals surface area contributed by atoms with Crippen molar-refractivity contribution >= 4 is 27.3 Å². The van der Waals surface area contributed by atoms with E-state index in [-0.39, 0.29) is 28.3 Å². The van der Waals surface area contributed by atoms with E-state index in [1.54, 1.807) is 0 Å². The van der Waals surface area contributed by atoms with Gasteiger partial charge in [0.1, 0.15) is 17.0 Å². The Bertz CT molecular complexity index is 715. The van der Waals surface area contributed by atoms with E-state index >= 15 is 0 Å². The van der Waals surface area contributed by atoms with Gasteiger partial charge in [-0.3, -0.25) is 5.10 Å². The Morgan fingerprint density at radius 3 is 3.00 bits per heavy atom. The van der Waals surface area contributed by atoms with Crippen LogP contribution >= 0.6 is 11.6 Å². The topological polar surface area (TPSA) is 114 Å². The number of nitrogens with zero attached hydrogens (tertiary/aromatic N) is 4. The van der Waals surface area contributed by atoms with Gasteiger partial charge >= 0.3 is 0 Å². The van der Waals surface area contributed by atoms with Crippen molar-refractivity contribution in [1.82, 2.24) is 25.1 Å². The van der Waals surface area contributed by atoms with Crippen molar-refractivity contribution in [3.05, 3.63) is 23.1 Å². The number of H-pyrrole nitrogens is 1. The summed E-state index contributed by atoms with van der Waals surface area (Å²) in [7, 11) is -3.34. The normalized spacial score (nSPS) is 16.3. The van der Waals surface area contributed by atoms with Gasteiger partial charge in [-0.1, -0.05) is 0 Å². The summed E-state index contributed by atoms with van der Waals surface area (Å²) < 4.78 is 23.9. The van der Waals surface area contributed by atoms with Crippen molar-refractivity contribution in [2.75, 3.05) is 11.1 Å². The predicted molar refractivity (Wildman–Crippen MR) is 66.5 cm³/mol. The number of aryl methyl sites for hydroxylation is 1. The van der Waals surface area contributed by atoms with E-state index < -0.39 is 9.84 Å². The van der Waals surface area contributed by atoms with E-state index in [0.717, 1.165) is 0 Å². The van der Waals surface area contributed by atoms with Crippen LogP contribution in [0.4, 0.5) is 5.82 Å². The molecule has 19 heavy (non-hydrogen) atoms. The lowest BCUT2D eigenvalue weighted by Crippen LogP contribution is -2.10. The fourth-order valence-electron chi connectivity index (χ4n) is 1.90. The summed E-state index contributed by atoms with van der Waals surface area (Å²) in [6.45, 7) is 0.273. The molecule has 2 N–H and O–H groups in total. The third kappa shape index (κ3) is 2.26. The summed E-state index contributed by atoms with van der Waals surface area (Å²) in [5, 5.41) is 9.28. The molecule has 2 aromatic heterocycles. The molecule has 3 heterocycles. The fourth-order valence-corrected chi connectivity index (χ4v) is 3.67. The summed E-state index contributed by atoms with van der Waals surface area (Å²) >= 11 is 5.79. The van der Waals surface area contributed by atoms with Crippen LogP contribution in [0.1, 0.15) is 11.5 Å². The van der Waals surface area contributed by atoms with Crippen LogP contribution in [0.5, 0.6) is 0 Å². The first-order chi connectivity index (χ1) is 9.06. The highest BCUT2D eigenvalue weighted by Gasteiger charge is 2.32. The van der Waals surface area contributed by atoms with Crippen LogP contribution in [-0.2, 0) is 22.8 Å². The van der Waals surface area contributed by atoms with E-state index in [1.165, 1.54) is 6.33 Å². The molecule has 0 fully saturated rings. The molecule has 2 aromatic rings. The number of nitrogens with one attached hydrogen (secondary N) is 2. The van der Waals surface area contributed by atoms with Gasteiger partial charge in [-0.25, -0.2) is 18.4 Å². The molecule has 1 aliphatic rings. The molecular formula is C9H9ClN6O2S. The Morgan fingerprint density at radius 2 is 2.26 bits per heavy atom. The third-order valence-electron chi connectivity index (χ3n) is 2.72. The van der Waals surface area contributed by atoms with Crippen molar-refractivity contribution < 1.29 is 8.42 Å². The summed E-state index contributed by atoms with van der Waals surface area (Å²) in [5.74, 6) is 0.816. The predicted octanol–water partition coefficient (Wildman–Crippen LogP) is 0.190. The molecule has 0 saturated heterocycles. The average molecular weight is 301 g/mol. The Hall–Kier alpha value is -1.74. The molecular weight excluding hydrogens is 292 g/mol. The largest absolute Gasteiger partial charge is 0.362 e. The number of aromatic amines is 1. The maximum absolute atomic E-state index is 11.9. The quantitative estimate of drug-likeness (QED) is 0.778. The van der Waals surface area contributed by atoms with Crippen LogP contribution < -0.4 is 5.32 Å². The smallest absolute Gasteiger partial charge is 0.224 e. The monoisotopic (exact) mass is 300 g/mol. The zero-order valence-corrected chi connectivity index (χ0v) is 11.2. The van der Waals surface area contributed by atoms with Crippen LogP contribution in [0.25, 0.3) is 0 Å². The van der Waals surface area contributed by atoms with Crippen LogP contribution in [0.3, 0.4) is 0 Å². The molecule has 0 amide bonds. The standard InChI is InChI=1S/C9H9ClN6O2S/c10-9-14-5-1-2-19(17,18)7(5)8(15-9)11-3-6-12-4-13-16-6/h4H,1-3H2,(H,11,14,15)(H,12,13,16). The molecule has 0 saturated carbocycles. The fraction of sp³-hybridized carbons (Fsp3) is 0.333. The number of hydrogen-bond donors (Lipinski definition) is 2. The molecule has 10 heteroatoms. The van der Waals surface area contributed by atoms with E-state index in [1.807, 2.05) is 0 Å². The van der Waals surface area contributed by atoms with Gasteiger partial charge in [-0.15, -0.1) is 0 Å². The zero-order chi connectivity index (χ0) is 13.5.